The van der Waals surface area contributed by atoms with Crippen molar-refractivity contribution >= 4 is 41.4 Å². The summed E-state index contributed by atoms with van der Waals surface area (Å²) in [5.41, 5.74) is -0.469. The van der Waals surface area contributed by atoms with Crippen LogP contribution in [-0.4, -0.2) is 114 Å². The van der Waals surface area contributed by atoms with E-state index in [4.69, 9.17) is 4.74 Å². The van der Waals surface area contributed by atoms with Gasteiger partial charge in [-0.05, 0) is 63.4 Å². The van der Waals surface area contributed by atoms with E-state index in [1.807, 2.05) is 0 Å². The van der Waals surface area contributed by atoms with Crippen LogP contribution in [0.4, 0.5) is 22.4 Å². The van der Waals surface area contributed by atoms with Crippen LogP contribution in [0.2, 0.25) is 0 Å². The minimum absolute atomic E-state index is 0.262. The van der Waals surface area contributed by atoms with Crippen molar-refractivity contribution in [3.63, 3.8) is 0 Å². The molecule has 3 aliphatic rings. The number of alkyl carbamates (subject to hydrolysis) is 1. The Hall–Kier alpha value is -4.77. The molecule has 0 bridgehead atoms. The zero-order valence-electron chi connectivity index (χ0n) is 33.0. The summed E-state index contributed by atoms with van der Waals surface area (Å²) in [6, 6.07) is 2.45. The second kappa shape index (κ2) is 19.1. The first-order chi connectivity index (χ1) is 26.7. The number of nitrogens with one attached hydrogen (secondary N) is 4. The third-order valence-corrected chi connectivity index (χ3v) is 10.6. The SMILES string of the molecule is CN(C)C(=O)[C@@H](NC(=O)CNC(=O)C(=O)C(CCC(F)F)NC(=O)[C@@H]1[C@H]2CC(F)(F)C[C@H]2CN1C(=O)[C@@H](NC(=O)OC(C)(C)C)C1CCCCC1)c1ccccc1. The van der Waals surface area contributed by atoms with E-state index in [9.17, 15) is 51.1 Å². The van der Waals surface area contributed by atoms with E-state index in [0.29, 0.717) is 18.4 Å². The first-order valence-electron chi connectivity index (χ1n) is 19.3. The van der Waals surface area contributed by atoms with Gasteiger partial charge < -0.3 is 35.8 Å². The van der Waals surface area contributed by atoms with E-state index in [1.54, 1.807) is 51.1 Å². The molecule has 316 valence electrons. The van der Waals surface area contributed by atoms with Gasteiger partial charge in [0.1, 0.15) is 23.7 Å². The van der Waals surface area contributed by atoms with Gasteiger partial charge in [0.2, 0.25) is 41.8 Å². The van der Waals surface area contributed by atoms with Crippen molar-refractivity contribution < 1.29 is 55.9 Å². The molecule has 0 spiro atoms. The van der Waals surface area contributed by atoms with E-state index in [0.717, 1.165) is 24.2 Å². The molecule has 1 saturated heterocycles. The Kier molecular flexibility index (Phi) is 15.1. The third-order valence-electron chi connectivity index (χ3n) is 10.6. The highest BCUT2D eigenvalue weighted by atomic mass is 19.3. The van der Waals surface area contributed by atoms with Gasteiger partial charge in [0, 0.05) is 39.9 Å². The number of nitrogens with zero attached hydrogens (tertiary/aromatic N) is 2. The summed E-state index contributed by atoms with van der Waals surface area (Å²) in [4.78, 5) is 96.0. The summed E-state index contributed by atoms with van der Waals surface area (Å²) in [5, 5.41) is 9.53. The molecule has 14 nitrogen and oxygen atoms in total. The molecule has 0 radical (unpaired) electrons. The van der Waals surface area contributed by atoms with E-state index in [-0.39, 0.29) is 12.5 Å². The standard InChI is InChI=1S/C39H54F4N6O8/c1-38(2,3)57-37(56)47-30(23-14-10-7-11-15-23)36(55)49-21-24-18-39(42,43)19-25(24)31(49)33(52)45-26(16-17-27(40)41)32(51)34(53)44-20-28(50)46-29(35(54)48(4)5)22-12-8-6-9-13-22/h6,8-9,12-13,23-27,29-31H,7,10-11,14-21H2,1-5H3,(H,44,53)(H,45,52)(H,46,50)(H,47,56)/t24-,25-,26?,29-,30-,31-/m0/s1. The quantitative estimate of drug-likeness (QED) is 0.153. The Morgan fingerprint density at radius 3 is 2.16 bits per heavy atom. The average Bonchev–Trinajstić information content (AvgIpc) is 3.63. The molecule has 6 atom stereocenters. The zero-order chi connectivity index (χ0) is 42.2. The molecule has 4 N–H and O–H groups in total. The number of fused-ring (bicyclic) bond motifs is 1. The van der Waals surface area contributed by atoms with Crippen molar-refractivity contribution in [1.82, 2.24) is 31.1 Å². The molecule has 18 heteroatoms. The number of carbonyl (C=O) groups excluding carboxylic acids is 7. The topological polar surface area (TPSA) is 183 Å². The van der Waals surface area contributed by atoms with Crippen LogP contribution >= 0.6 is 0 Å². The summed E-state index contributed by atoms with van der Waals surface area (Å²) in [7, 11) is 2.96. The molecule has 1 aliphatic heterocycles. The molecule has 1 heterocycles. The maximum absolute atomic E-state index is 14.8. The lowest BCUT2D eigenvalue weighted by Gasteiger charge is -2.36. The Morgan fingerprint density at radius 1 is 0.912 bits per heavy atom. The predicted octanol–water partition coefficient (Wildman–Crippen LogP) is 3.49. The first-order valence-corrected chi connectivity index (χ1v) is 19.3. The number of rotatable bonds is 15. The van der Waals surface area contributed by atoms with Crippen LogP contribution in [0.25, 0.3) is 0 Å². The average molecular weight is 811 g/mol. The van der Waals surface area contributed by atoms with E-state index in [2.05, 4.69) is 21.3 Å². The maximum atomic E-state index is 14.8. The van der Waals surface area contributed by atoms with Gasteiger partial charge in [-0.2, -0.15) is 0 Å². The van der Waals surface area contributed by atoms with Gasteiger partial charge in [0.05, 0.1) is 12.6 Å². The summed E-state index contributed by atoms with van der Waals surface area (Å²) in [6.45, 7) is 3.86. The monoisotopic (exact) mass is 810 g/mol. The van der Waals surface area contributed by atoms with Gasteiger partial charge in [0.25, 0.3) is 5.91 Å². The molecular formula is C39H54F4N6O8. The molecular weight excluding hydrogens is 756 g/mol. The molecule has 1 unspecified atom stereocenters. The van der Waals surface area contributed by atoms with Crippen LogP contribution in [-0.2, 0) is 33.5 Å². The minimum atomic E-state index is -3.16. The number of amides is 6. The number of hydrogen-bond donors (Lipinski definition) is 4. The maximum Gasteiger partial charge on any atom is 0.408 e. The van der Waals surface area contributed by atoms with Gasteiger partial charge in [0.15, 0.2) is 0 Å². The van der Waals surface area contributed by atoms with Crippen LogP contribution in [0.5, 0.6) is 0 Å². The lowest BCUT2D eigenvalue weighted by atomic mass is 9.83. The first kappa shape index (κ1) is 44.9. The van der Waals surface area contributed by atoms with Gasteiger partial charge in [-0.3, -0.25) is 28.8 Å². The molecule has 3 fully saturated rings. The summed E-state index contributed by atoms with van der Waals surface area (Å²) >= 11 is 0. The van der Waals surface area contributed by atoms with Crippen molar-refractivity contribution in [2.75, 3.05) is 27.2 Å². The molecule has 2 saturated carbocycles. The highest BCUT2D eigenvalue weighted by Crippen LogP contribution is 2.50. The van der Waals surface area contributed by atoms with E-state index >= 15 is 0 Å². The fourth-order valence-corrected chi connectivity index (χ4v) is 7.95. The fraction of sp³-hybridized carbons (Fsp3) is 0.667. The molecule has 1 aromatic carbocycles. The number of carbonyl (C=O) groups is 7. The molecule has 4 rings (SSSR count). The van der Waals surface area contributed by atoms with Crippen molar-refractivity contribution in [2.24, 2.45) is 17.8 Å². The third kappa shape index (κ3) is 12.4. The van der Waals surface area contributed by atoms with Crippen molar-refractivity contribution in [3.05, 3.63) is 35.9 Å². The lowest BCUT2D eigenvalue weighted by Crippen LogP contribution is -2.59. The zero-order valence-corrected chi connectivity index (χ0v) is 33.0. The number of halogens is 4. The Balaban J connectivity index is 1.53. The predicted molar refractivity (Wildman–Crippen MR) is 198 cm³/mol. The smallest absolute Gasteiger partial charge is 0.408 e. The minimum Gasteiger partial charge on any atom is -0.444 e. The van der Waals surface area contributed by atoms with E-state index < -0.39 is 128 Å². The van der Waals surface area contributed by atoms with Crippen molar-refractivity contribution in [2.45, 2.75) is 121 Å². The fourth-order valence-electron chi connectivity index (χ4n) is 7.95. The van der Waals surface area contributed by atoms with Gasteiger partial charge in [-0.25, -0.2) is 22.4 Å². The molecule has 6 amide bonds. The number of ether oxygens (including phenoxy) is 1. The number of Topliss-reactive ketones (excluding diaryl/α,β-unsaturated/α-hetero) is 1. The van der Waals surface area contributed by atoms with E-state index in [1.165, 1.54) is 19.0 Å². The number of likely N-dealkylation sites (tertiary alicyclic amines) is 1. The van der Waals surface area contributed by atoms with Crippen LogP contribution in [0.15, 0.2) is 30.3 Å². The van der Waals surface area contributed by atoms with Crippen LogP contribution in [0.3, 0.4) is 0 Å². The van der Waals surface area contributed by atoms with Gasteiger partial charge in [-0.15, -0.1) is 0 Å². The number of ketones is 1. The Morgan fingerprint density at radius 2 is 1.56 bits per heavy atom. The number of benzene rings is 1. The molecule has 2 aliphatic carbocycles. The second-order valence-corrected chi connectivity index (χ2v) is 16.4. The normalized spacial score (nSPS) is 22.1. The Labute approximate surface area is 329 Å². The number of hydrogen-bond acceptors (Lipinski definition) is 8. The summed E-state index contributed by atoms with van der Waals surface area (Å²) in [6.07, 6.45) is -3.30. The molecule has 1 aromatic rings. The summed E-state index contributed by atoms with van der Waals surface area (Å²) in [5.74, 6) is -11.4. The van der Waals surface area contributed by atoms with Gasteiger partial charge >= 0.3 is 6.09 Å². The van der Waals surface area contributed by atoms with Crippen molar-refractivity contribution in [1.29, 1.82) is 0 Å². The van der Waals surface area contributed by atoms with Crippen molar-refractivity contribution in [3.8, 4) is 0 Å². The second-order valence-electron chi connectivity index (χ2n) is 16.4. The summed E-state index contributed by atoms with van der Waals surface area (Å²) < 4.78 is 61.9. The van der Waals surface area contributed by atoms with Gasteiger partial charge in [-0.1, -0.05) is 49.6 Å². The Bertz CT molecular complexity index is 1640. The largest absolute Gasteiger partial charge is 0.444 e. The van der Waals surface area contributed by atoms with Crippen LogP contribution < -0.4 is 21.3 Å². The highest BCUT2D eigenvalue weighted by Gasteiger charge is 2.59. The highest BCUT2D eigenvalue weighted by molar-refractivity contribution is 6.38. The number of alkyl halides is 4. The lowest BCUT2D eigenvalue weighted by molar-refractivity contribution is -0.145. The molecule has 0 aromatic heterocycles. The number of likely N-dealkylation sites (N-methyl/N-ethyl adjacent to an activating group) is 1. The van der Waals surface area contributed by atoms with Crippen LogP contribution in [0, 0.1) is 17.8 Å². The van der Waals surface area contributed by atoms with Crippen LogP contribution in [0.1, 0.15) is 90.2 Å². The molecule has 57 heavy (non-hydrogen) atoms.